The number of hydrazone groups is 1. The minimum Gasteiger partial charge on any atom is -0.472 e. The molecule has 11 heavy (non-hydrogen) atoms. The second-order valence-corrected chi connectivity index (χ2v) is 3.20. The van der Waals surface area contributed by atoms with E-state index < -0.39 is 0 Å². The maximum Gasteiger partial charge on any atom is 0.193 e. The minimum atomic E-state index is -0.318. The molecule has 0 aromatic rings. The van der Waals surface area contributed by atoms with Gasteiger partial charge in [0.25, 0.3) is 0 Å². The Morgan fingerprint density at radius 2 is 2.00 bits per heavy atom. The molecule has 0 unspecified atom stereocenters. The van der Waals surface area contributed by atoms with Crippen LogP contribution in [0.2, 0.25) is 0 Å². The van der Waals surface area contributed by atoms with E-state index in [2.05, 4.69) is 5.10 Å². The highest BCUT2D eigenvalue weighted by molar-refractivity contribution is 5.46. The van der Waals surface area contributed by atoms with Crippen LogP contribution < -0.4 is 5.84 Å². The molecule has 0 spiro atoms. The van der Waals surface area contributed by atoms with E-state index in [0.717, 1.165) is 0 Å². The van der Waals surface area contributed by atoms with E-state index in [1.165, 1.54) is 12.0 Å². The molecule has 0 aliphatic heterocycles. The summed E-state index contributed by atoms with van der Waals surface area (Å²) in [7, 11) is 0. The van der Waals surface area contributed by atoms with Crippen molar-refractivity contribution >= 4 is 6.40 Å². The van der Waals surface area contributed by atoms with E-state index in [1.54, 1.807) is 0 Å². The van der Waals surface area contributed by atoms with Crippen molar-refractivity contribution < 1.29 is 4.74 Å². The second-order valence-electron chi connectivity index (χ2n) is 3.20. The van der Waals surface area contributed by atoms with Crippen molar-refractivity contribution in [3.8, 4) is 0 Å². The average molecular weight is 156 g/mol. The fourth-order valence-corrected chi connectivity index (χ4v) is 0.895. The van der Waals surface area contributed by atoms with Gasteiger partial charge in [-0.3, -0.25) is 0 Å². The number of allylic oxidation sites excluding steroid dienone is 1. The van der Waals surface area contributed by atoms with Crippen LogP contribution in [0.15, 0.2) is 16.8 Å². The van der Waals surface area contributed by atoms with Crippen LogP contribution in [-0.2, 0) is 4.74 Å². The van der Waals surface area contributed by atoms with Crippen LogP contribution in [0.3, 0.4) is 0 Å². The molecule has 0 aliphatic rings. The fraction of sp³-hybridized carbons (Fsp3) is 0.625. The molecule has 0 aromatic carbocycles. The number of nitrogens with two attached hydrogens (primary N) is 1. The average Bonchev–Trinajstić information content (AvgIpc) is 1.81. The van der Waals surface area contributed by atoms with E-state index in [1.807, 2.05) is 33.8 Å². The van der Waals surface area contributed by atoms with Gasteiger partial charge in [-0.15, -0.1) is 0 Å². The fourth-order valence-electron chi connectivity index (χ4n) is 0.895. The van der Waals surface area contributed by atoms with Gasteiger partial charge in [0.2, 0.25) is 0 Å². The minimum absolute atomic E-state index is 0.318. The quantitative estimate of drug-likeness (QED) is 0.222. The molecule has 0 bridgehead atoms. The third-order valence-electron chi connectivity index (χ3n) is 1.05. The largest absolute Gasteiger partial charge is 0.472 e. The van der Waals surface area contributed by atoms with Crippen LogP contribution in [-0.4, -0.2) is 12.0 Å². The highest BCUT2D eigenvalue weighted by Crippen LogP contribution is 2.11. The van der Waals surface area contributed by atoms with Crippen molar-refractivity contribution in [1.82, 2.24) is 0 Å². The summed E-state index contributed by atoms with van der Waals surface area (Å²) < 4.78 is 5.20. The van der Waals surface area contributed by atoms with Gasteiger partial charge in [-0.25, -0.2) is 0 Å². The lowest BCUT2D eigenvalue weighted by Gasteiger charge is -2.19. The van der Waals surface area contributed by atoms with Gasteiger partial charge in [-0.1, -0.05) is 5.57 Å². The van der Waals surface area contributed by atoms with Gasteiger partial charge in [0.1, 0.15) is 5.60 Å². The molecular weight excluding hydrogens is 140 g/mol. The molecule has 0 saturated heterocycles. The molecule has 0 amide bonds. The number of nitrogens with zero attached hydrogens (tertiary/aromatic N) is 1. The van der Waals surface area contributed by atoms with E-state index in [0.29, 0.717) is 0 Å². The van der Waals surface area contributed by atoms with Crippen LogP contribution in [0.5, 0.6) is 0 Å². The summed E-state index contributed by atoms with van der Waals surface area (Å²) in [4.78, 5) is 0. The molecule has 2 N–H and O–H groups in total. The molecular formula is C8H16N2O. The Kier molecular flexibility index (Phi) is 3.65. The smallest absolute Gasteiger partial charge is 0.193 e. The normalized spacial score (nSPS) is 11.6. The summed E-state index contributed by atoms with van der Waals surface area (Å²) in [5.74, 6) is 4.89. The summed E-state index contributed by atoms with van der Waals surface area (Å²) in [6.07, 6.45) is 3.26. The Hall–Kier alpha value is -0.990. The van der Waals surface area contributed by atoms with Crippen LogP contribution in [0.4, 0.5) is 0 Å². The molecule has 3 heteroatoms. The van der Waals surface area contributed by atoms with Crippen molar-refractivity contribution in [3.05, 3.63) is 11.6 Å². The molecule has 0 saturated carbocycles. The highest BCUT2D eigenvalue weighted by Gasteiger charge is 2.13. The molecule has 0 aliphatic carbocycles. The number of rotatable bonds is 3. The predicted octanol–water partition coefficient (Wildman–Crippen LogP) is 1.65. The zero-order valence-electron chi connectivity index (χ0n) is 7.59. The molecule has 0 aromatic heterocycles. The van der Waals surface area contributed by atoms with Gasteiger partial charge in [-0.2, -0.15) is 5.10 Å². The van der Waals surface area contributed by atoms with Gasteiger partial charge >= 0.3 is 0 Å². The summed E-state index contributed by atoms with van der Waals surface area (Å²) in [5.41, 5.74) is 0.891. The lowest BCUT2D eigenvalue weighted by molar-refractivity contribution is 0.157. The lowest BCUT2D eigenvalue weighted by Crippen LogP contribution is -2.21. The third kappa shape index (κ3) is 5.45. The second kappa shape index (κ2) is 4.01. The first kappa shape index (κ1) is 10.0. The summed E-state index contributed by atoms with van der Waals surface area (Å²) in [5, 5.41) is 3.25. The third-order valence-corrected chi connectivity index (χ3v) is 1.05. The Balaban J connectivity index is 4.11. The van der Waals surface area contributed by atoms with E-state index in [9.17, 15) is 0 Å². The molecule has 0 atom stereocenters. The Bertz CT molecular complexity index is 167. The van der Waals surface area contributed by atoms with Gasteiger partial charge < -0.3 is 10.6 Å². The zero-order chi connectivity index (χ0) is 8.91. The van der Waals surface area contributed by atoms with Crippen LogP contribution in [0.1, 0.15) is 27.7 Å². The van der Waals surface area contributed by atoms with Gasteiger partial charge in [0.05, 0.1) is 0 Å². The zero-order valence-corrected chi connectivity index (χ0v) is 7.59. The van der Waals surface area contributed by atoms with Gasteiger partial charge in [0.15, 0.2) is 6.40 Å². The summed E-state index contributed by atoms with van der Waals surface area (Å²) in [6, 6.07) is 0. The number of ether oxygens (including phenoxy) is 1. The first-order valence-electron chi connectivity index (χ1n) is 3.53. The van der Waals surface area contributed by atoms with E-state index >= 15 is 0 Å². The van der Waals surface area contributed by atoms with Crippen molar-refractivity contribution in [2.45, 2.75) is 33.3 Å². The lowest BCUT2D eigenvalue weighted by atomic mass is 10.1. The number of hydrogen-bond donors (Lipinski definition) is 1. The standard InChI is InChI=1S/C8H16N2O/c1-7(2)5-8(3,4)11-6-10-9/h5-6H,9H2,1-4H3/b10-6-. The van der Waals surface area contributed by atoms with Crippen LogP contribution in [0, 0.1) is 0 Å². The monoisotopic (exact) mass is 156 g/mol. The van der Waals surface area contributed by atoms with E-state index in [4.69, 9.17) is 10.6 Å². The van der Waals surface area contributed by atoms with Crippen molar-refractivity contribution in [2.75, 3.05) is 0 Å². The van der Waals surface area contributed by atoms with Crippen molar-refractivity contribution in [3.63, 3.8) is 0 Å². The maximum atomic E-state index is 5.20. The molecule has 0 fully saturated rings. The van der Waals surface area contributed by atoms with Crippen LogP contribution >= 0.6 is 0 Å². The Labute approximate surface area is 67.9 Å². The highest BCUT2D eigenvalue weighted by atomic mass is 16.5. The topological polar surface area (TPSA) is 47.6 Å². The Morgan fingerprint density at radius 3 is 2.36 bits per heavy atom. The SMILES string of the molecule is CC(C)=CC(C)(C)O/C=N\N. The van der Waals surface area contributed by atoms with Gasteiger partial charge in [-0.05, 0) is 33.8 Å². The molecule has 0 heterocycles. The van der Waals surface area contributed by atoms with Gasteiger partial charge in [0, 0.05) is 0 Å². The number of hydrogen-bond acceptors (Lipinski definition) is 3. The molecule has 0 radical (unpaired) electrons. The molecule has 64 valence electrons. The van der Waals surface area contributed by atoms with Crippen LogP contribution in [0.25, 0.3) is 0 Å². The van der Waals surface area contributed by atoms with E-state index in [-0.39, 0.29) is 5.60 Å². The molecule has 3 nitrogen and oxygen atoms in total. The summed E-state index contributed by atoms with van der Waals surface area (Å²) in [6.45, 7) is 7.93. The van der Waals surface area contributed by atoms with Crippen molar-refractivity contribution in [2.24, 2.45) is 10.9 Å². The summed E-state index contributed by atoms with van der Waals surface area (Å²) >= 11 is 0. The first-order valence-corrected chi connectivity index (χ1v) is 3.53. The maximum absolute atomic E-state index is 5.20. The molecule has 0 rings (SSSR count). The predicted molar refractivity (Wildman–Crippen MR) is 47.3 cm³/mol. The Morgan fingerprint density at radius 1 is 1.45 bits per heavy atom. The first-order chi connectivity index (χ1) is 4.98. The van der Waals surface area contributed by atoms with Crippen molar-refractivity contribution in [1.29, 1.82) is 0 Å².